The van der Waals surface area contributed by atoms with Gasteiger partial charge in [-0.15, -0.1) is 0 Å². The highest BCUT2D eigenvalue weighted by Gasteiger charge is 2.24. The summed E-state index contributed by atoms with van der Waals surface area (Å²) in [6.45, 7) is 4.11. The Hall–Kier alpha value is -1.76. The average Bonchev–Trinajstić information content (AvgIpc) is 2.37. The molecule has 0 unspecified atom stereocenters. The van der Waals surface area contributed by atoms with E-state index in [2.05, 4.69) is 5.32 Å². The van der Waals surface area contributed by atoms with Crippen LogP contribution in [0.2, 0.25) is 0 Å². The van der Waals surface area contributed by atoms with Gasteiger partial charge in [0.1, 0.15) is 6.61 Å². The SMILES string of the molecule is CC(C)S(=O)(=O)NC(=O)c1cccc2c1OCCN2. The van der Waals surface area contributed by atoms with Crippen molar-refractivity contribution >= 4 is 21.6 Å². The fraction of sp³-hybridized carbons (Fsp3) is 0.417. The van der Waals surface area contributed by atoms with E-state index in [0.29, 0.717) is 24.6 Å². The maximum Gasteiger partial charge on any atom is 0.268 e. The zero-order valence-electron chi connectivity index (χ0n) is 10.8. The van der Waals surface area contributed by atoms with Gasteiger partial charge in [0.05, 0.1) is 16.5 Å². The van der Waals surface area contributed by atoms with Crippen molar-refractivity contribution < 1.29 is 17.9 Å². The number of sulfonamides is 1. The molecular formula is C12H16N2O4S. The Morgan fingerprint density at radius 2 is 2.16 bits per heavy atom. The molecule has 1 aliphatic rings. The average molecular weight is 284 g/mol. The monoisotopic (exact) mass is 284 g/mol. The van der Waals surface area contributed by atoms with Crippen LogP contribution in [0, 0.1) is 0 Å². The number of carbonyl (C=O) groups is 1. The number of para-hydroxylation sites is 1. The predicted molar refractivity (Wildman–Crippen MR) is 71.9 cm³/mol. The molecule has 2 N–H and O–H groups in total. The van der Waals surface area contributed by atoms with E-state index in [1.54, 1.807) is 12.1 Å². The van der Waals surface area contributed by atoms with Crippen LogP contribution in [0.25, 0.3) is 0 Å². The van der Waals surface area contributed by atoms with E-state index < -0.39 is 21.2 Å². The van der Waals surface area contributed by atoms with Crippen molar-refractivity contribution in [2.75, 3.05) is 18.5 Å². The fourth-order valence-electron chi connectivity index (χ4n) is 1.65. The molecule has 0 spiro atoms. The summed E-state index contributed by atoms with van der Waals surface area (Å²) in [6.07, 6.45) is 0. The second-order valence-electron chi connectivity index (χ2n) is 4.48. The Morgan fingerprint density at radius 1 is 1.42 bits per heavy atom. The van der Waals surface area contributed by atoms with Gasteiger partial charge in [-0.2, -0.15) is 0 Å². The van der Waals surface area contributed by atoms with E-state index in [0.717, 1.165) is 0 Å². The van der Waals surface area contributed by atoms with Crippen molar-refractivity contribution in [2.24, 2.45) is 0 Å². The first-order valence-electron chi connectivity index (χ1n) is 5.97. The molecule has 2 rings (SSSR count). The van der Waals surface area contributed by atoms with Gasteiger partial charge in [0.15, 0.2) is 5.75 Å². The molecule has 0 saturated carbocycles. The fourth-order valence-corrected chi connectivity index (χ4v) is 2.26. The largest absolute Gasteiger partial charge is 0.489 e. The molecule has 104 valence electrons. The lowest BCUT2D eigenvalue weighted by Crippen LogP contribution is -2.36. The Labute approximate surface area is 112 Å². The first kappa shape index (κ1) is 13.7. The van der Waals surface area contributed by atoms with E-state index in [1.165, 1.54) is 19.9 Å². The summed E-state index contributed by atoms with van der Waals surface area (Å²) < 4.78 is 30.9. The van der Waals surface area contributed by atoms with E-state index in [9.17, 15) is 13.2 Å². The van der Waals surface area contributed by atoms with Crippen LogP contribution in [0.1, 0.15) is 24.2 Å². The summed E-state index contributed by atoms with van der Waals surface area (Å²) in [4.78, 5) is 12.0. The zero-order chi connectivity index (χ0) is 14.0. The molecule has 1 aliphatic heterocycles. The van der Waals surface area contributed by atoms with Crippen molar-refractivity contribution in [1.29, 1.82) is 0 Å². The van der Waals surface area contributed by atoms with Crippen LogP contribution in [0.4, 0.5) is 5.69 Å². The van der Waals surface area contributed by atoms with Gasteiger partial charge in [0.2, 0.25) is 10.0 Å². The summed E-state index contributed by atoms with van der Waals surface area (Å²) >= 11 is 0. The minimum Gasteiger partial charge on any atom is -0.489 e. The molecule has 1 aromatic carbocycles. The Morgan fingerprint density at radius 3 is 2.84 bits per heavy atom. The molecule has 1 heterocycles. The summed E-state index contributed by atoms with van der Waals surface area (Å²) in [5.74, 6) is -0.278. The smallest absolute Gasteiger partial charge is 0.268 e. The molecular weight excluding hydrogens is 268 g/mol. The lowest BCUT2D eigenvalue weighted by Gasteiger charge is -2.21. The summed E-state index contributed by atoms with van der Waals surface area (Å²) in [7, 11) is -3.65. The third kappa shape index (κ3) is 2.81. The number of carbonyl (C=O) groups excluding carboxylic acids is 1. The molecule has 6 nitrogen and oxygen atoms in total. The van der Waals surface area contributed by atoms with Crippen LogP contribution in [0.15, 0.2) is 18.2 Å². The van der Waals surface area contributed by atoms with E-state index >= 15 is 0 Å². The highest BCUT2D eigenvalue weighted by atomic mass is 32.2. The Kier molecular flexibility index (Phi) is 3.66. The van der Waals surface area contributed by atoms with Crippen molar-refractivity contribution in [3.8, 4) is 5.75 Å². The summed E-state index contributed by atoms with van der Waals surface area (Å²) in [5.41, 5.74) is 0.912. The molecule has 1 amide bonds. The summed E-state index contributed by atoms with van der Waals surface area (Å²) in [5, 5.41) is 2.42. The van der Waals surface area contributed by atoms with Crippen molar-refractivity contribution in [1.82, 2.24) is 4.72 Å². The quantitative estimate of drug-likeness (QED) is 0.863. The van der Waals surface area contributed by atoms with Crippen LogP contribution in [0.3, 0.4) is 0 Å². The van der Waals surface area contributed by atoms with Crippen molar-refractivity contribution in [2.45, 2.75) is 19.1 Å². The normalized spacial score (nSPS) is 14.3. The molecule has 7 heteroatoms. The lowest BCUT2D eigenvalue weighted by molar-refractivity contribution is 0.0977. The molecule has 0 atom stereocenters. The number of nitrogens with one attached hydrogen (secondary N) is 2. The molecule has 0 aromatic heterocycles. The number of hydrogen-bond donors (Lipinski definition) is 2. The number of benzene rings is 1. The maximum absolute atomic E-state index is 12.0. The van der Waals surface area contributed by atoms with E-state index in [4.69, 9.17) is 4.74 Å². The predicted octanol–water partition coefficient (Wildman–Crippen LogP) is 0.959. The maximum atomic E-state index is 12.0. The van der Waals surface area contributed by atoms with Crippen LogP contribution in [0.5, 0.6) is 5.75 Å². The van der Waals surface area contributed by atoms with Crippen LogP contribution in [-0.4, -0.2) is 32.7 Å². The van der Waals surface area contributed by atoms with Gasteiger partial charge in [-0.05, 0) is 26.0 Å². The molecule has 1 aromatic rings. The minimum absolute atomic E-state index is 0.217. The number of anilines is 1. The Bertz CT molecular complexity index is 596. The molecule has 19 heavy (non-hydrogen) atoms. The van der Waals surface area contributed by atoms with Crippen LogP contribution in [-0.2, 0) is 10.0 Å². The van der Waals surface area contributed by atoms with Gasteiger partial charge >= 0.3 is 0 Å². The highest BCUT2D eigenvalue weighted by molar-refractivity contribution is 7.90. The number of ether oxygens (including phenoxy) is 1. The van der Waals surface area contributed by atoms with Gasteiger partial charge < -0.3 is 10.1 Å². The summed E-state index contributed by atoms with van der Waals surface area (Å²) in [6, 6.07) is 5.00. The third-order valence-corrected chi connectivity index (χ3v) is 4.49. The van der Waals surface area contributed by atoms with Crippen molar-refractivity contribution in [3.05, 3.63) is 23.8 Å². The molecule has 0 bridgehead atoms. The first-order valence-corrected chi connectivity index (χ1v) is 7.52. The van der Waals surface area contributed by atoms with E-state index in [-0.39, 0.29) is 5.56 Å². The standard InChI is InChI=1S/C12H16N2O4S/c1-8(2)19(16,17)14-12(15)9-4-3-5-10-11(9)18-7-6-13-10/h3-5,8,13H,6-7H2,1-2H3,(H,14,15). The van der Waals surface area contributed by atoms with Gasteiger partial charge in [0, 0.05) is 6.54 Å². The topological polar surface area (TPSA) is 84.5 Å². The first-order chi connectivity index (χ1) is 8.92. The van der Waals surface area contributed by atoms with Crippen molar-refractivity contribution in [3.63, 3.8) is 0 Å². The number of hydrogen-bond acceptors (Lipinski definition) is 5. The minimum atomic E-state index is -3.65. The Balaban J connectivity index is 2.30. The second kappa shape index (κ2) is 5.08. The second-order valence-corrected chi connectivity index (χ2v) is 6.72. The molecule has 0 saturated heterocycles. The van der Waals surface area contributed by atoms with Crippen LogP contribution < -0.4 is 14.8 Å². The zero-order valence-corrected chi connectivity index (χ0v) is 11.6. The third-order valence-electron chi connectivity index (χ3n) is 2.78. The highest BCUT2D eigenvalue weighted by Crippen LogP contribution is 2.31. The lowest BCUT2D eigenvalue weighted by atomic mass is 10.1. The number of rotatable bonds is 3. The van der Waals surface area contributed by atoms with Gasteiger partial charge in [-0.1, -0.05) is 6.07 Å². The molecule has 0 fully saturated rings. The van der Waals surface area contributed by atoms with Gasteiger partial charge in [0.25, 0.3) is 5.91 Å². The van der Waals surface area contributed by atoms with Crippen LogP contribution >= 0.6 is 0 Å². The van der Waals surface area contributed by atoms with E-state index in [1.807, 2.05) is 4.72 Å². The number of amides is 1. The van der Waals surface area contributed by atoms with Gasteiger partial charge in [-0.25, -0.2) is 13.1 Å². The molecule has 0 aliphatic carbocycles. The number of fused-ring (bicyclic) bond motifs is 1. The molecule has 0 radical (unpaired) electrons. The van der Waals surface area contributed by atoms with Gasteiger partial charge in [-0.3, -0.25) is 4.79 Å².